The highest BCUT2D eigenvalue weighted by Crippen LogP contribution is 2.33. The minimum absolute atomic E-state index is 0.0949. The number of hydrogen-bond donors (Lipinski definition) is 3. The summed E-state index contributed by atoms with van der Waals surface area (Å²) in [7, 11) is 0. The van der Waals surface area contributed by atoms with Crippen LogP contribution in [0.25, 0.3) is 5.69 Å². The standard InChI is InChI=1S/C22H21F3N6O2/c1-13(26)20(32)27-12-14-6-5-9-16(10-14)31-17(11-18(29-31)22(23,24)25)21-28-19(30-33-21)15-7-3-2-4-8-15/h2-11,13,21H,12,26H2,1H3,(H,27,32)(H,28,30). The molecule has 8 nitrogen and oxygen atoms in total. The number of amidine groups is 1. The van der Waals surface area contributed by atoms with Gasteiger partial charge in [-0.3, -0.25) is 4.79 Å². The lowest BCUT2D eigenvalue weighted by molar-refractivity contribution is -0.141. The first-order valence-electron chi connectivity index (χ1n) is 10.1. The number of carbonyl (C=O) groups is 1. The molecule has 1 aromatic heterocycles. The van der Waals surface area contributed by atoms with E-state index in [9.17, 15) is 18.0 Å². The Morgan fingerprint density at radius 1 is 1.21 bits per heavy atom. The lowest BCUT2D eigenvalue weighted by Crippen LogP contribution is -2.37. The second kappa shape index (κ2) is 9.04. The first-order valence-corrected chi connectivity index (χ1v) is 10.1. The molecule has 33 heavy (non-hydrogen) atoms. The highest BCUT2D eigenvalue weighted by atomic mass is 19.4. The van der Waals surface area contributed by atoms with Gasteiger partial charge >= 0.3 is 6.18 Å². The number of nitrogens with one attached hydrogen (secondary N) is 2. The average molecular weight is 458 g/mol. The number of amides is 1. The Morgan fingerprint density at radius 2 is 1.97 bits per heavy atom. The van der Waals surface area contributed by atoms with Crippen molar-refractivity contribution in [1.82, 2.24) is 20.6 Å². The highest BCUT2D eigenvalue weighted by Gasteiger charge is 2.37. The van der Waals surface area contributed by atoms with Gasteiger partial charge in [0.1, 0.15) is 0 Å². The summed E-state index contributed by atoms with van der Waals surface area (Å²) >= 11 is 0. The molecule has 2 unspecified atom stereocenters. The molecule has 2 heterocycles. The Morgan fingerprint density at radius 3 is 2.67 bits per heavy atom. The summed E-state index contributed by atoms with van der Waals surface area (Å²) in [5.41, 5.74) is 8.99. The van der Waals surface area contributed by atoms with E-state index in [2.05, 4.69) is 20.9 Å². The summed E-state index contributed by atoms with van der Waals surface area (Å²) in [5, 5.41) is 6.44. The van der Waals surface area contributed by atoms with Gasteiger partial charge in [0.2, 0.25) is 12.1 Å². The second-order valence-electron chi connectivity index (χ2n) is 7.46. The summed E-state index contributed by atoms with van der Waals surface area (Å²) in [6, 6.07) is 15.9. The van der Waals surface area contributed by atoms with E-state index in [1.54, 1.807) is 43.3 Å². The lowest BCUT2D eigenvalue weighted by atomic mass is 10.2. The highest BCUT2D eigenvalue weighted by molar-refractivity contribution is 5.98. The van der Waals surface area contributed by atoms with Crippen LogP contribution in [0.5, 0.6) is 0 Å². The number of benzene rings is 2. The number of nitrogens with zero attached hydrogens (tertiary/aromatic N) is 3. The maximum absolute atomic E-state index is 13.5. The minimum atomic E-state index is -4.65. The van der Waals surface area contributed by atoms with Crippen molar-refractivity contribution in [3.8, 4) is 5.69 Å². The van der Waals surface area contributed by atoms with Gasteiger partial charge in [0.15, 0.2) is 11.5 Å². The molecule has 0 bridgehead atoms. The maximum Gasteiger partial charge on any atom is 0.435 e. The molecular formula is C22H21F3N6O2. The zero-order valence-electron chi connectivity index (χ0n) is 17.5. The first-order chi connectivity index (χ1) is 15.7. The van der Waals surface area contributed by atoms with Crippen LogP contribution in [0.15, 0.2) is 65.7 Å². The average Bonchev–Trinajstić information content (AvgIpc) is 3.45. The summed E-state index contributed by atoms with van der Waals surface area (Å²) in [5.74, 6) is 0.0574. The van der Waals surface area contributed by atoms with Crippen LogP contribution in [0.3, 0.4) is 0 Å². The molecular weight excluding hydrogens is 437 g/mol. The Balaban J connectivity index is 1.68. The third kappa shape index (κ3) is 5.04. The van der Waals surface area contributed by atoms with Crippen LogP contribution in [-0.4, -0.2) is 27.6 Å². The topological polar surface area (TPSA) is 107 Å². The van der Waals surface area contributed by atoms with Crippen LogP contribution in [0.2, 0.25) is 0 Å². The SMILES string of the molecule is CC(N)C(=O)NCc1cccc(-n2nc(C(F)(F)F)cc2C2N=C(c3ccccc3)NO2)c1. The number of hydrogen-bond acceptors (Lipinski definition) is 6. The molecule has 1 aliphatic heterocycles. The maximum atomic E-state index is 13.5. The fourth-order valence-corrected chi connectivity index (χ4v) is 3.20. The number of aromatic nitrogens is 2. The van der Waals surface area contributed by atoms with Gasteiger partial charge in [-0.05, 0) is 30.7 Å². The Hall–Kier alpha value is -3.70. The normalized spacial score (nSPS) is 16.8. The molecule has 172 valence electrons. The fraction of sp³-hybridized carbons (Fsp3) is 0.227. The van der Waals surface area contributed by atoms with E-state index >= 15 is 0 Å². The van der Waals surface area contributed by atoms with Crippen LogP contribution in [0, 0.1) is 0 Å². The Kier molecular flexibility index (Phi) is 6.16. The summed E-state index contributed by atoms with van der Waals surface area (Å²) in [6.45, 7) is 1.72. The van der Waals surface area contributed by atoms with Gasteiger partial charge in [-0.1, -0.05) is 42.5 Å². The number of aliphatic imine (C=N–C) groups is 1. The molecule has 1 aliphatic rings. The molecule has 2 aromatic carbocycles. The number of halogens is 3. The van der Waals surface area contributed by atoms with E-state index in [-0.39, 0.29) is 18.1 Å². The van der Waals surface area contributed by atoms with E-state index in [1.807, 2.05) is 18.2 Å². The molecule has 0 radical (unpaired) electrons. The van der Waals surface area contributed by atoms with Crippen molar-refractivity contribution in [1.29, 1.82) is 0 Å². The van der Waals surface area contributed by atoms with E-state index in [0.717, 1.165) is 16.3 Å². The van der Waals surface area contributed by atoms with Gasteiger partial charge in [0.05, 0.1) is 17.4 Å². The predicted octanol–water partition coefficient (Wildman–Crippen LogP) is 2.83. The number of rotatable bonds is 6. The molecule has 4 N–H and O–H groups in total. The summed E-state index contributed by atoms with van der Waals surface area (Å²) in [6.07, 6.45) is -5.70. The first kappa shape index (κ1) is 22.5. The van der Waals surface area contributed by atoms with E-state index < -0.39 is 24.1 Å². The van der Waals surface area contributed by atoms with Gasteiger partial charge in [0.25, 0.3) is 0 Å². The number of alkyl halides is 3. The van der Waals surface area contributed by atoms with Gasteiger partial charge in [0, 0.05) is 12.1 Å². The number of nitrogens with two attached hydrogens (primary N) is 1. The molecule has 0 fully saturated rings. The molecule has 0 saturated carbocycles. The number of carbonyl (C=O) groups excluding carboxylic acids is 1. The largest absolute Gasteiger partial charge is 0.435 e. The van der Waals surface area contributed by atoms with Crippen molar-refractivity contribution in [2.45, 2.75) is 31.9 Å². The zero-order chi connectivity index (χ0) is 23.6. The Bertz CT molecular complexity index is 1170. The van der Waals surface area contributed by atoms with Crippen molar-refractivity contribution in [2.75, 3.05) is 0 Å². The minimum Gasteiger partial charge on any atom is -0.351 e. The van der Waals surface area contributed by atoms with E-state index in [4.69, 9.17) is 10.6 Å². The van der Waals surface area contributed by atoms with Gasteiger partial charge in [-0.25, -0.2) is 20.0 Å². The van der Waals surface area contributed by atoms with Crippen molar-refractivity contribution in [3.63, 3.8) is 0 Å². The second-order valence-corrected chi connectivity index (χ2v) is 7.46. The quantitative estimate of drug-likeness (QED) is 0.527. The Labute approximate surface area is 187 Å². The monoisotopic (exact) mass is 458 g/mol. The zero-order valence-corrected chi connectivity index (χ0v) is 17.5. The third-order valence-electron chi connectivity index (χ3n) is 4.88. The summed E-state index contributed by atoms with van der Waals surface area (Å²) < 4.78 is 41.5. The van der Waals surface area contributed by atoms with Gasteiger partial charge in [-0.15, -0.1) is 0 Å². The number of hydroxylamine groups is 1. The molecule has 1 amide bonds. The van der Waals surface area contributed by atoms with Crippen LogP contribution in [0.4, 0.5) is 13.2 Å². The van der Waals surface area contributed by atoms with Gasteiger partial charge in [-0.2, -0.15) is 18.3 Å². The third-order valence-corrected chi connectivity index (χ3v) is 4.88. The molecule has 0 saturated heterocycles. The molecule has 11 heteroatoms. The lowest BCUT2D eigenvalue weighted by Gasteiger charge is -2.12. The summed E-state index contributed by atoms with van der Waals surface area (Å²) in [4.78, 5) is 21.6. The van der Waals surface area contributed by atoms with Crippen LogP contribution < -0.4 is 16.5 Å². The smallest absolute Gasteiger partial charge is 0.351 e. The molecule has 0 aliphatic carbocycles. The molecule has 2 atom stereocenters. The fourth-order valence-electron chi connectivity index (χ4n) is 3.20. The van der Waals surface area contributed by atoms with Crippen molar-refractivity contribution < 1.29 is 22.8 Å². The van der Waals surface area contributed by atoms with E-state index in [0.29, 0.717) is 17.1 Å². The van der Waals surface area contributed by atoms with Crippen molar-refractivity contribution >= 4 is 11.7 Å². The molecule has 3 aromatic rings. The van der Waals surface area contributed by atoms with Gasteiger partial charge < -0.3 is 11.1 Å². The predicted molar refractivity (Wildman–Crippen MR) is 114 cm³/mol. The van der Waals surface area contributed by atoms with Crippen LogP contribution in [0.1, 0.15) is 35.7 Å². The van der Waals surface area contributed by atoms with Crippen molar-refractivity contribution in [3.05, 3.63) is 83.2 Å². The van der Waals surface area contributed by atoms with Crippen molar-refractivity contribution in [2.24, 2.45) is 10.7 Å². The van der Waals surface area contributed by atoms with Crippen LogP contribution in [-0.2, 0) is 22.4 Å². The molecule has 4 rings (SSSR count). The van der Waals surface area contributed by atoms with E-state index in [1.165, 1.54) is 0 Å². The van der Waals surface area contributed by atoms with Crippen LogP contribution >= 0.6 is 0 Å². The molecule has 0 spiro atoms.